The Bertz CT molecular complexity index is 652. The molecule has 3 rings (SSSR count). The molecule has 0 spiro atoms. The molecular formula is C18H19NO3. The molecule has 4 nitrogen and oxygen atoms in total. The van der Waals surface area contributed by atoms with Crippen LogP contribution < -0.4 is 9.64 Å². The average Bonchev–Trinajstić information content (AvgIpc) is 2.53. The van der Waals surface area contributed by atoms with E-state index >= 15 is 0 Å². The van der Waals surface area contributed by atoms with Crippen LogP contribution in [0.15, 0.2) is 54.6 Å². The van der Waals surface area contributed by atoms with Crippen molar-refractivity contribution in [2.45, 2.75) is 19.1 Å². The van der Waals surface area contributed by atoms with Crippen molar-refractivity contribution in [2.24, 2.45) is 5.92 Å². The van der Waals surface area contributed by atoms with Gasteiger partial charge in [-0.15, -0.1) is 0 Å². The second-order valence-corrected chi connectivity index (χ2v) is 5.53. The average molecular weight is 297 g/mol. The Morgan fingerprint density at radius 3 is 2.27 bits per heavy atom. The van der Waals surface area contributed by atoms with E-state index in [1.165, 1.54) is 0 Å². The molecule has 0 saturated carbocycles. The third-order valence-corrected chi connectivity index (χ3v) is 4.15. The van der Waals surface area contributed by atoms with Crippen LogP contribution in [-0.2, 0) is 4.79 Å². The fourth-order valence-corrected chi connectivity index (χ4v) is 3.02. The van der Waals surface area contributed by atoms with E-state index in [0.29, 0.717) is 0 Å². The molecule has 2 aromatic carbocycles. The van der Waals surface area contributed by atoms with Crippen molar-refractivity contribution < 1.29 is 14.6 Å². The lowest BCUT2D eigenvalue weighted by atomic mass is 9.78. The third-order valence-electron chi connectivity index (χ3n) is 4.15. The lowest BCUT2D eigenvalue weighted by Crippen LogP contribution is -2.59. The Hall–Kier alpha value is -2.33. The molecule has 1 fully saturated rings. The Morgan fingerprint density at radius 2 is 1.73 bits per heavy atom. The minimum absolute atomic E-state index is 0.0472. The van der Waals surface area contributed by atoms with Gasteiger partial charge in [-0.05, 0) is 36.8 Å². The summed E-state index contributed by atoms with van der Waals surface area (Å²) in [6, 6.07) is 17.1. The number of carbonyl (C=O) groups excluding carboxylic acids is 1. The molecule has 0 aromatic heterocycles. The first-order valence-electron chi connectivity index (χ1n) is 7.33. The number of nitrogens with zero attached hydrogens (tertiary/aromatic N) is 1. The van der Waals surface area contributed by atoms with Crippen LogP contribution in [0.4, 0.5) is 5.69 Å². The number of aliphatic hydroxyl groups excluding tert-OH is 1. The van der Waals surface area contributed by atoms with E-state index in [-0.39, 0.29) is 11.9 Å². The Kier molecular flexibility index (Phi) is 3.86. The van der Waals surface area contributed by atoms with Gasteiger partial charge in [-0.3, -0.25) is 4.79 Å². The van der Waals surface area contributed by atoms with Crippen LogP contribution in [0, 0.1) is 5.92 Å². The Labute approximate surface area is 130 Å². The lowest BCUT2D eigenvalue weighted by Gasteiger charge is -2.48. The van der Waals surface area contributed by atoms with Crippen molar-refractivity contribution in [1.29, 1.82) is 0 Å². The van der Waals surface area contributed by atoms with Crippen molar-refractivity contribution in [3.05, 3.63) is 60.2 Å². The van der Waals surface area contributed by atoms with Crippen molar-refractivity contribution in [3.63, 3.8) is 0 Å². The number of carbonyl (C=O) groups is 1. The van der Waals surface area contributed by atoms with Crippen molar-refractivity contribution >= 4 is 11.6 Å². The van der Waals surface area contributed by atoms with Crippen LogP contribution in [0.2, 0.25) is 0 Å². The lowest BCUT2D eigenvalue weighted by molar-refractivity contribution is -0.135. The van der Waals surface area contributed by atoms with Crippen LogP contribution in [0.1, 0.15) is 18.5 Å². The number of anilines is 1. The number of hydrogen-bond donors (Lipinski definition) is 1. The topological polar surface area (TPSA) is 49.8 Å². The molecule has 22 heavy (non-hydrogen) atoms. The first kappa shape index (κ1) is 14.6. The largest absolute Gasteiger partial charge is 0.497 e. The number of hydrogen-bond acceptors (Lipinski definition) is 3. The molecule has 1 amide bonds. The maximum absolute atomic E-state index is 12.5. The maximum Gasteiger partial charge on any atom is 0.235 e. The summed E-state index contributed by atoms with van der Waals surface area (Å²) in [6.07, 6.45) is -0.674. The standard InChI is InChI=1S/C18H19NO3/c1-12(20)16-17(13-6-4-3-5-7-13)19(18(16)21)14-8-10-15(22-2)11-9-14/h3-12,16-17,20H,1-2H3/t12-,16+,17+/m0/s1. The number of rotatable bonds is 4. The second kappa shape index (κ2) is 5.81. The molecule has 1 N–H and O–H groups in total. The van der Waals surface area contributed by atoms with E-state index in [4.69, 9.17) is 4.74 Å². The van der Waals surface area contributed by atoms with Crippen molar-refractivity contribution in [3.8, 4) is 5.75 Å². The van der Waals surface area contributed by atoms with Crippen LogP contribution in [0.3, 0.4) is 0 Å². The number of amides is 1. The van der Waals surface area contributed by atoms with Crippen LogP contribution in [-0.4, -0.2) is 24.2 Å². The Balaban J connectivity index is 1.96. The molecule has 0 aliphatic carbocycles. The number of β-lactam (4-membered cyclic amide) rings is 1. The molecule has 1 aliphatic rings. The van der Waals surface area contributed by atoms with Crippen molar-refractivity contribution in [1.82, 2.24) is 0 Å². The molecule has 3 atom stereocenters. The summed E-state index contributed by atoms with van der Waals surface area (Å²) in [7, 11) is 1.61. The summed E-state index contributed by atoms with van der Waals surface area (Å²) in [5.74, 6) is 0.304. The third kappa shape index (κ3) is 2.35. The fraction of sp³-hybridized carbons (Fsp3) is 0.278. The van der Waals surface area contributed by atoms with E-state index in [2.05, 4.69) is 0 Å². The summed E-state index contributed by atoms with van der Waals surface area (Å²) >= 11 is 0. The minimum atomic E-state index is -0.674. The highest BCUT2D eigenvalue weighted by Gasteiger charge is 2.50. The first-order chi connectivity index (χ1) is 10.6. The van der Waals surface area contributed by atoms with Crippen LogP contribution in [0.25, 0.3) is 0 Å². The zero-order valence-corrected chi connectivity index (χ0v) is 12.6. The highest BCUT2D eigenvalue weighted by molar-refractivity contribution is 6.03. The summed E-state index contributed by atoms with van der Waals surface area (Å²) in [5, 5.41) is 9.95. The zero-order valence-electron chi connectivity index (χ0n) is 12.6. The minimum Gasteiger partial charge on any atom is -0.497 e. The molecule has 0 unspecified atom stereocenters. The predicted molar refractivity (Wildman–Crippen MR) is 84.8 cm³/mol. The van der Waals surface area contributed by atoms with Gasteiger partial charge in [0, 0.05) is 5.69 Å². The molecule has 0 bridgehead atoms. The highest BCUT2D eigenvalue weighted by Crippen LogP contribution is 2.45. The summed E-state index contributed by atoms with van der Waals surface area (Å²) in [4.78, 5) is 14.2. The van der Waals surface area contributed by atoms with Crippen LogP contribution >= 0.6 is 0 Å². The smallest absolute Gasteiger partial charge is 0.235 e. The quantitative estimate of drug-likeness (QED) is 0.883. The van der Waals surface area contributed by atoms with Gasteiger partial charge < -0.3 is 14.7 Å². The first-order valence-corrected chi connectivity index (χ1v) is 7.33. The molecule has 114 valence electrons. The summed E-state index contributed by atoms with van der Waals surface area (Å²) in [6.45, 7) is 1.67. The molecule has 1 saturated heterocycles. The summed E-state index contributed by atoms with van der Waals surface area (Å²) in [5.41, 5.74) is 1.85. The molecule has 1 heterocycles. The molecule has 1 aliphatic heterocycles. The van der Waals surface area contributed by atoms with Gasteiger partial charge in [0.15, 0.2) is 0 Å². The maximum atomic E-state index is 12.5. The normalized spacial score (nSPS) is 22.1. The number of benzene rings is 2. The van der Waals surface area contributed by atoms with Gasteiger partial charge in [0.2, 0.25) is 5.91 Å². The molecule has 2 aromatic rings. The highest BCUT2D eigenvalue weighted by atomic mass is 16.5. The monoisotopic (exact) mass is 297 g/mol. The van der Waals surface area contributed by atoms with E-state index in [9.17, 15) is 9.90 Å². The summed E-state index contributed by atoms with van der Waals surface area (Å²) < 4.78 is 5.15. The van der Waals surface area contributed by atoms with Gasteiger partial charge in [-0.2, -0.15) is 0 Å². The van der Waals surface area contributed by atoms with Gasteiger partial charge in [0.25, 0.3) is 0 Å². The van der Waals surface area contributed by atoms with Crippen LogP contribution in [0.5, 0.6) is 5.75 Å². The van der Waals surface area contributed by atoms with E-state index in [1.807, 2.05) is 54.6 Å². The molecular weight excluding hydrogens is 278 g/mol. The van der Waals surface area contributed by atoms with Gasteiger partial charge in [-0.1, -0.05) is 30.3 Å². The second-order valence-electron chi connectivity index (χ2n) is 5.53. The molecule has 4 heteroatoms. The zero-order chi connectivity index (χ0) is 15.7. The number of ether oxygens (including phenoxy) is 1. The number of methoxy groups -OCH3 is 1. The van der Waals surface area contributed by atoms with Gasteiger partial charge in [0.05, 0.1) is 25.2 Å². The molecule has 0 radical (unpaired) electrons. The number of aliphatic hydroxyl groups is 1. The van der Waals surface area contributed by atoms with Gasteiger partial charge >= 0.3 is 0 Å². The van der Waals surface area contributed by atoms with Gasteiger partial charge in [-0.25, -0.2) is 0 Å². The SMILES string of the molecule is COc1ccc(N2C(=O)[C@H]([C@H](C)O)[C@H]2c2ccccc2)cc1. The fourth-order valence-electron chi connectivity index (χ4n) is 3.02. The van der Waals surface area contributed by atoms with E-state index in [0.717, 1.165) is 17.0 Å². The van der Waals surface area contributed by atoms with E-state index < -0.39 is 12.0 Å². The Morgan fingerprint density at radius 1 is 1.09 bits per heavy atom. The van der Waals surface area contributed by atoms with E-state index in [1.54, 1.807) is 18.9 Å². The predicted octanol–water partition coefficient (Wildman–Crippen LogP) is 2.78. The van der Waals surface area contributed by atoms with Crippen molar-refractivity contribution in [2.75, 3.05) is 12.0 Å². The van der Waals surface area contributed by atoms with Gasteiger partial charge in [0.1, 0.15) is 5.75 Å².